The molecular formula is C14H19ClN2O3S. The molecule has 21 heavy (non-hydrogen) atoms. The zero-order valence-electron chi connectivity index (χ0n) is 11.9. The molecule has 0 aliphatic carbocycles. The third kappa shape index (κ3) is 4.59. The van der Waals surface area contributed by atoms with Gasteiger partial charge in [0.2, 0.25) is 0 Å². The SMILES string of the molecule is COCCn1c(SCCOCCO)nc2cc(Cl)ccc21. The number of nitrogens with zero attached hydrogens (tertiary/aromatic N) is 2. The monoisotopic (exact) mass is 330 g/mol. The average molecular weight is 331 g/mol. The first-order valence-corrected chi connectivity index (χ1v) is 8.08. The molecule has 0 saturated heterocycles. The topological polar surface area (TPSA) is 56.5 Å². The van der Waals surface area contributed by atoms with Gasteiger partial charge in [-0.3, -0.25) is 0 Å². The Bertz CT molecular complexity index is 577. The minimum Gasteiger partial charge on any atom is -0.394 e. The quantitative estimate of drug-likeness (QED) is 0.565. The van der Waals surface area contributed by atoms with Gasteiger partial charge in [-0.2, -0.15) is 0 Å². The molecule has 0 radical (unpaired) electrons. The van der Waals surface area contributed by atoms with Crippen molar-refractivity contribution in [1.29, 1.82) is 0 Å². The van der Waals surface area contributed by atoms with E-state index in [9.17, 15) is 0 Å². The van der Waals surface area contributed by atoms with Gasteiger partial charge >= 0.3 is 0 Å². The molecule has 0 saturated carbocycles. The third-order valence-electron chi connectivity index (χ3n) is 2.89. The van der Waals surface area contributed by atoms with E-state index in [1.165, 1.54) is 0 Å². The van der Waals surface area contributed by atoms with Crippen LogP contribution in [-0.2, 0) is 16.0 Å². The van der Waals surface area contributed by atoms with E-state index in [1.54, 1.807) is 18.9 Å². The van der Waals surface area contributed by atoms with Crippen LogP contribution in [0.4, 0.5) is 0 Å². The van der Waals surface area contributed by atoms with E-state index in [1.807, 2.05) is 18.2 Å². The molecule has 1 heterocycles. The molecule has 0 amide bonds. The summed E-state index contributed by atoms with van der Waals surface area (Å²) in [7, 11) is 1.69. The van der Waals surface area contributed by atoms with Crippen LogP contribution in [0, 0.1) is 0 Å². The predicted molar refractivity (Wildman–Crippen MR) is 85.2 cm³/mol. The number of hydrogen-bond donors (Lipinski definition) is 1. The summed E-state index contributed by atoms with van der Waals surface area (Å²) >= 11 is 7.65. The Labute approximate surface area is 133 Å². The number of rotatable bonds is 9. The highest BCUT2D eigenvalue weighted by Crippen LogP contribution is 2.26. The Kier molecular flexibility index (Phi) is 6.79. The molecule has 7 heteroatoms. The van der Waals surface area contributed by atoms with E-state index in [2.05, 4.69) is 9.55 Å². The maximum Gasteiger partial charge on any atom is 0.169 e. The second-order valence-corrected chi connectivity index (χ2v) is 5.85. The van der Waals surface area contributed by atoms with Gasteiger partial charge in [0.15, 0.2) is 5.16 Å². The molecule has 1 N–H and O–H groups in total. The van der Waals surface area contributed by atoms with Crippen LogP contribution < -0.4 is 0 Å². The molecule has 0 atom stereocenters. The predicted octanol–water partition coefficient (Wildman–Crippen LogP) is 2.44. The Balaban J connectivity index is 2.12. The van der Waals surface area contributed by atoms with E-state index in [0.29, 0.717) is 24.8 Å². The molecule has 0 bridgehead atoms. The molecule has 0 aliphatic heterocycles. The van der Waals surface area contributed by atoms with Crippen LogP contribution >= 0.6 is 23.4 Å². The summed E-state index contributed by atoms with van der Waals surface area (Å²) in [5.41, 5.74) is 1.94. The van der Waals surface area contributed by atoms with E-state index in [0.717, 1.165) is 28.5 Å². The van der Waals surface area contributed by atoms with Crippen molar-refractivity contribution >= 4 is 34.4 Å². The molecule has 0 spiro atoms. The summed E-state index contributed by atoms with van der Waals surface area (Å²) in [5, 5.41) is 10.3. The van der Waals surface area contributed by atoms with Crippen molar-refractivity contribution in [3.05, 3.63) is 23.2 Å². The highest BCUT2D eigenvalue weighted by Gasteiger charge is 2.11. The van der Waals surface area contributed by atoms with Crippen molar-refractivity contribution in [3.8, 4) is 0 Å². The van der Waals surface area contributed by atoms with Crippen molar-refractivity contribution < 1.29 is 14.6 Å². The Hall–Kier alpha value is -0.790. The van der Waals surface area contributed by atoms with E-state index < -0.39 is 0 Å². The van der Waals surface area contributed by atoms with Crippen molar-refractivity contribution in [2.75, 3.05) is 39.3 Å². The van der Waals surface area contributed by atoms with Crippen LogP contribution in [0.1, 0.15) is 0 Å². The normalized spacial score (nSPS) is 11.4. The van der Waals surface area contributed by atoms with Crippen LogP contribution in [0.15, 0.2) is 23.4 Å². The van der Waals surface area contributed by atoms with E-state index in [-0.39, 0.29) is 6.61 Å². The fourth-order valence-electron chi connectivity index (χ4n) is 1.95. The summed E-state index contributed by atoms with van der Waals surface area (Å²) < 4.78 is 12.6. The highest BCUT2D eigenvalue weighted by atomic mass is 35.5. The highest BCUT2D eigenvalue weighted by molar-refractivity contribution is 7.99. The maximum atomic E-state index is 8.67. The number of ether oxygens (including phenoxy) is 2. The fourth-order valence-corrected chi connectivity index (χ4v) is 3.01. The number of benzene rings is 1. The Morgan fingerprint density at radius 1 is 1.33 bits per heavy atom. The second kappa shape index (κ2) is 8.60. The molecule has 2 rings (SSSR count). The van der Waals surface area contributed by atoms with Crippen LogP contribution in [0.2, 0.25) is 5.02 Å². The summed E-state index contributed by atoms with van der Waals surface area (Å²) in [6, 6.07) is 5.72. The summed E-state index contributed by atoms with van der Waals surface area (Å²) in [4.78, 5) is 4.63. The van der Waals surface area contributed by atoms with Crippen molar-refractivity contribution in [2.45, 2.75) is 11.7 Å². The van der Waals surface area contributed by atoms with Gasteiger partial charge in [-0.25, -0.2) is 4.98 Å². The Morgan fingerprint density at radius 3 is 2.95 bits per heavy atom. The number of imidazole rings is 1. The van der Waals surface area contributed by atoms with E-state index >= 15 is 0 Å². The van der Waals surface area contributed by atoms with Crippen LogP contribution in [0.5, 0.6) is 0 Å². The van der Waals surface area contributed by atoms with Crippen molar-refractivity contribution in [2.24, 2.45) is 0 Å². The summed E-state index contributed by atoms with van der Waals surface area (Å²) in [5.74, 6) is 0.782. The molecule has 0 unspecified atom stereocenters. The van der Waals surface area contributed by atoms with Crippen molar-refractivity contribution in [3.63, 3.8) is 0 Å². The number of halogens is 1. The number of aliphatic hydroxyl groups excluding tert-OH is 1. The molecular weight excluding hydrogens is 312 g/mol. The molecule has 2 aromatic rings. The van der Waals surface area contributed by atoms with Crippen LogP contribution in [-0.4, -0.2) is 53.9 Å². The number of fused-ring (bicyclic) bond motifs is 1. The number of thioether (sulfide) groups is 1. The average Bonchev–Trinajstić information content (AvgIpc) is 2.81. The first kappa shape index (κ1) is 16.6. The first-order chi connectivity index (χ1) is 10.3. The molecule has 5 nitrogen and oxygen atoms in total. The lowest BCUT2D eigenvalue weighted by Gasteiger charge is -2.08. The molecule has 0 fully saturated rings. The van der Waals surface area contributed by atoms with Gasteiger partial charge in [0.05, 0.1) is 37.5 Å². The number of hydrogen-bond acceptors (Lipinski definition) is 5. The molecule has 1 aromatic carbocycles. The lowest BCUT2D eigenvalue weighted by Crippen LogP contribution is -2.07. The lowest BCUT2D eigenvalue weighted by molar-refractivity contribution is 0.103. The van der Waals surface area contributed by atoms with Gasteiger partial charge in [-0.15, -0.1) is 0 Å². The maximum absolute atomic E-state index is 8.67. The fraction of sp³-hybridized carbons (Fsp3) is 0.500. The summed E-state index contributed by atoms with van der Waals surface area (Å²) in [6.07, 6.45) is 0. The van der Waals surface area contributed by atoms with Gasteiger partial charge in [0, 0.05) is 24.4 Å². The number of aliphatic hydroxyl groups is 1. The van der Waals surface area contributed by atoms with Gasteiger partial charge in [0.25, 0.3) is 0 Å². The standard InChI is InChI=1S/C14H19ClN2O3S/c1-19-6-4-17-13-3-2-11(15)10-12(13)16-14(17)21-9-8-20-7-5-18/h2-3,10,18H,4-9H2,1H3. The number of aromatic nitrogens is 2. The molecule has 0 aliphatic rings. The van der Waals surface area contributed by atoms with Gasteiger partial charge in [-0.1, -0.05) is 23.4 Å². The van der Waals surface area contributed by atoms with Gasteiger partial charge in [-0.05, 0) is 18.2 Å². The van der Waals surface area contributed by atoms with Crippen LogP contribution in [0.3, 0.4) is 0 Å². The van der Waals surface area contributed by atoms with Gasteiger partial charge < -0.3 is 19.1 Å². The smallest absolute Gasteiger partial charge is 0.169 e. The zero-order chi connectivity index (χ0) is 15.1. The minimum atomic E-state index is 0.0511. The summed E-state index contributed by atoms with van der Waals surface area (Å²) in [6.45, 7) is 2.38. The first-order valence-electron chi connectivity index (χ1n) is 6.72. The minimum absolute atomic E-state index is 0.0511. The largest absolute Gasteiger partial charge is 0.394 e. The van der Waals surface area contributed by atoms with Crippen LogP contribution in [0.25, 0.3) is 11.0 Å². The molecule has 1 aromatic heterocycles. The van der Waals surface area contributed by atoms with Gasteiger partial charge in [0.1, 0.15) is 0 Å². The van der Waals surface area contributed by atoms with Crippen molar-refractivity contribution in [1.82, 2.24) is 9.55 Å². The lowest BCUT2D eigenvalue weighted by atomic mass is 10.3. The number of methoxy groups -OCH3 is 1. The van der Waals surface area contributed by atoms with E-state index in [4.69, 9.17) is 26.2 Å². The second-order valence-electron chi connectivity index (χ2n) is 4.36. The third-order valence-corrected chi connectivity index (χ3v) is 4.06. The Morgan fingerprint density at radius 2 is 2.19 bits per heavy atom. The zero-order valence-corrected chi connectivity index (χ0v) is 13.5. The molecule has 116 valence electrons.